The number of aromatic hydroxyl groups is 1. The lowest BCUT2D eigenvalue weighted by Crippen LogP contribution is -2.16. The molecule has 0 saturated carbocycles. The molecule has 0 spiro atoms. The Bertz CT molecular complexity index is 344. The summed E-state index contributed by atoms with van der Waals surface area (Å²) in [6.07, 6.45) is -0.817. The van der Waals surface area contributed by atoms with Gasteiger partial charge in [-0.05, 0) is 13.1 Å². The van der Waals surface area contributed by atoms with Gasteiger partial charge in [-0.25, -0.2) is 0 Å². The fourth-order valence-corrected chi connectivity index (χ4v) is 1.52. The Balaban J connectivity index is 3.11. The van der Waals surface area contributed by atoms with Crippen molar-refractivity contribution < 1.29 is 14.9 Å². The number of halogens is 1. The van der Waals surface area contributed by atoms with E-state index in [1.807, 2.05) is 0 Å². The third kappa shape index (κ3) is 2.75. The molecule has 0 aliphatic rings. The highest BCUT2D eigenvalue weighted by Crippen LogP contribution is 2.36. The quantitative estimate of drug-likeness (QED) is 0.731. The minimum atomic E-state index is -0.817. The fourth-order valence-electron chi connectivity index (χ4n) is 1.31. The molecule has 4 nitrogen and oxygen atoms in total. The average molecular weight is 232 g/mol. The van der Waals surface area contributed by atoms with E-state index in [1.165, 1.54) is 19.2 Å². The standard InChI is InChI=1S/C10H14ClNO3/c1-12-5-8(13)7-3-6(11)4-9(15-2)10(7)14/h3-4,8,12-14H,5H2,1-2H3. The zero-order valence-electron chi connectivity index (χ0n) is 8.62. The topological polar surface area (TPSA) is 61.7 Å². The zero-order chi connectivity index (χ0) is 11.4. The Morgan fingerprint density at radius 2 is 2.20 bits per heavy atom. The van der Waals surface area contributed by atoms with Gasteiger partial charge in [0.1, 0.15) is 0 Å². The molecular weight excluding hydrogens is 218 g/mol. The van der Waals surface area contributed by atoms with Gasteiger partial charge in [-0.2, -0.15) is 0 Å². The lowest BCUT2D eigenvalue weighted by Gasteiger charge is -2.14. The Morgan fingerprint density at radius 3 is 2.73 bits per heavy atom. The molecule has 0 bridgehead atoms. The highest BCUT2D eigenvalue weighted by Gasteiger charge is 2.16. The van der Waals surface area contributed by atoms with Crippen LogP contribution in [0.2, 0.25) is 5.02 Å². The summed E-state index contributed by atoms with van der Waals surface area (Å²) >= 11 is 5.82. The van der Waals surface area contributed by atoms with Gasteiger partial charge in [0.2, 0.25) is 0 Å². The van der Waals surface area contributed by atoms with Crippen LogP contribution < -0.4 is 10.1 Å². The van der Waals surface area contributed by atoms with Crippen LogP contribution in [0.15, 0.2) is 12.1 Å². The number of aliphatic hydroxyl groups excluding tert-OH is 1. The number of ether oxygens (including phenoxy) is 1. The summed E-state index contributed by atoms with van der Waals surface area (Å²) in [5.41, 5.74) is 0.355. The van der Waals surface area contributed by atoms with E-state index in [2.05, 4.69) is 5.32 Å². The number of nitrogens with one attached hydrogen (secondary N) is 1. The van der Waals surface area contributed by atoms with E-state index < -0.39 is 6.10 Å². The molecule has 0 aliphatic heterocycles. The van der Waals surface area contributed by atoms with Gasteiger partial charge in [-0.1, -0.05) is 11.6 Å². The molecule has 1 aromatic rings. The number of phenolic OH excluding ortho intramolecular Hbond substituents is 1. The first kappa shape index (κ1) is 12.1. The van der Waals surface area contributed by atoms with Gasteiger partial charge in [0.05, 0.1) is 13.2 Å². The largest absolute Gasteiger partial charge is 0.504 e. The van der Waals surface area contributed by atoms with Crippen LogP contribution in [-0.4, -0.2) is 30.9 Å². The molecule has 0 aromatic heterocycles. The maximum Gasteiger partial charge on any atom is 0.163 e. The van der Waals surface area contributed by atoms with Crippen LogP contribution >= 0.6 is 11.6 Å². The molecule has 0 heterocycles. The number of phenols is 1. The van der Waals surface area contributed by atoms with Gasteiger partial charge in [0.15, 0.2) is 11.5 Å². The Hall–Kier alpha value is -0.970. The molecule has 0 radical (unpaired) electrons. The monoisotopic (exact) mass is 231 g/mol. The lowest BCUT2D eigenvalue weighted by molar-refractivity contribution is 0.173. The summed E-state index contributed by atoms with van der Waals surface area (Å²) in [7, 11) is 3.14. The summed E-state index contributed by atoms with van der Waals surface area (Å²) in [5, 5.41) is 22.7. The molecule has 1 atom stereocenters. The Morgan fingerprint density at radius 1 is 1.53 bits per heavy atom. The number of aliphatic hydroxyl groups is 1. The highest BCUT2D eigenvalue weighted by atomic mass is 35.5. The first-order chi connectivity index (χ1) is 7.10. The van der Waals surface area contributed by atoms with Crippen LogP contribution in [0.5, 0.6) is 11.5 Å². The number of methoxy groups -OCH3 is 1. The van der Waals surface area contributed by atoms with E-state index in [4.69, 9.17) is 16.3 Å². The number of hydrogen-bond donors (Lipinski definition) is 3. The van der Waals surface area contributed by atoms with Crippen molar-refractivity contribution in [2.75, 3.05) is 20.7 Å². The predicted octanol–water partition coefficient (Wildman–Crippen LogP) is 1.31. The van der Waals surface area contributed by atoms with Crippen LogP contribution in [0.3, 0.4) is 0 Å². The van der Waals surface area contributed by atoms with Crippen molar-refractivity contribution in [2.24, 2.45) is 0 Å². The second-order valence-corrected chi connectivity index (χ2v) is 3.56. The van der Waals surface area contributed by atoms with E-state index in [0.29, 0.717) is 17.1 Å². The van der Waals surface area contributed by atoms with Crippen molar-refractivity contribution in [3.8, 4) is 11.5 Å². The fraction of sp³-hybridized carbons (Fsp3) is 0.400. The van der Waals surface area contributed by atoms with Crippen LogP contribution in [0.1, 0.15) is 11.7 Å². The Labute approximate surface area is 93.4 Å². The van der Waals surface area contributed by atoms with Crippen molar-refractivity contribution in [3.63, 3.8) is 0 Å². The van der Waals surface area contributed by atoms with Crippen molar-refractivity contribution in [1.29, 1.82) is 0 Å². The van der Waals surface area contributed by atoms with E-state index in [-0.39, 0.29) is 11.5 Å². The molecule has 1 unspecified atom stereocenters. The number of hydrogen-bond acceptors (Lipinski definition) is 4. The Kier molecular flexibility index (Phi) is 4.20. The van der Waals surface area contributed by atoms with Gasteiger partial charge in [-0.15, -0.1) is 0 Å². The molecule has 84 valence electrons. The maximum absolute atomic E-state index is 9.74. The highest BCUT2D eigenvalue weighted by molar-refractivity contribution is 6.30. The molecule has 3 N–H and O–H groups in total. The van der Waals surface area contributed by atoms with E-state index in [1.54, 1.807) is 7.05 Å². The van der Waals surface area contributed by atoms with Crippen molar-refractivity contribution in [3.05, 3.63) is 22.7 Å². The predicted molar refractivity (Wildman–Crippen MR) is 58.6 cm³/mol. The smallest absolute Gasteiger partial charge is 0.163 e. The van der Waals surface area contributed by atoms with E-state index in [9.17, 15) is 10.2 Å². The minimum Gasteiger partial charge on any atom is -0.504 e. The normalized spacial score (nSPS) is 12.5. The van der Waals surface area contributed by atoms with Gasteiger partial charge < -0.3 is 20.3 Å². The zero-order valence-corrected chi connectivity index (χ0v) is 9.38. The number of benzene rings is 1. The summed E-state index contributed by atoms with van der Waals surface area (Å²) in [5.74, 6) is 0.178. The van der Waals surface area contributed by atoms with Crippen molar-refractivity contribution in [2.45, 2.75) is 6.10 Å². The summed E-state index contributed by atoms with van der Waals surface area (Å²) in [4.78, 5) is 0. The number of rotatable bonds is 4. The molecule has 0 fully saturated rings. The van der Waals surface area contributed by atoms with Gasteiger partial charge in [0.25, 0.3) is 0 Å². The van der Waals surface area contributed by atoms with E-state index >= 15 is 0 Å². The third-order valence-electron chi connectivity index (χ3n) is 2.05. The lowest BCUT2D eigenvalue weighted by atomic mass is 10.1. The average Bonchev–Trinajstić information content (AvgIpc) is 2.21. The minimum absolute atomic E-state index is 0.0790. The van der Waals surface area contributed by atoms with Crippen LogP contribution in [0.4, 0.5) is 0 Å². The second kappa shape index (κ2) is 5.21. The SMILES string of the molecule is CNCC(O)c1cc(Cl)cc(OC)c1O. The molecule has 0 aliphatic carbocycles. The van der Waals surface area contributed by atoms with Crippen molar-refractivity contribution in [1.82, 2.24) is 5.32 Å². The van der Waals surface area contributed by atoms with Gasteiger partial charge >= 0.3 is 0 Å². The summed E-state index contributed by atoms with van der Waals surface area (Å²) in [6, 6.07) is 3.01. The first-order valence-electron chi connectivity index (χ1n) is 4.49. The molecule has 0 amide bonds. The van der Waals surface area contributed by atoms with Gasteiger partial charge in [-0.3, -0.25) is 0 Å². The summed E-state index contributed by atoms with van der Waals surface area (Å²) in [6.45, 7) is 0.330. The second-order valence-electron chi connectivity index (χ2n) is 3.12. The molecule has 15 heavy (non-hydrogen) atoms. The van der Waals surface area contributed by atoms with Crippen LogP contribution in [0.25, 0.3) is 0 Å². The molecule has 0 saturated heterocycles. The maximum atomic E-state index is 9.74. The third-order valence-corrected chi connectivity index (χ3v) is 2.26. The number of likely N-dealkylation sites (N-methyl/N-ethyl adjacent to an activating group) is 1. The first-order valence-corrected chi connectivity index (χ1v) is 4.87. The summed E-state index contributed by atoms with van der Waals surface area (Å²) < 4.78 is 4.93. The molecule has 1 aromatic carbocycles. The van der Waals surface area contributed by atoms with E-state index in [0.717, 1.165) is 0 Å². The molecule has 1 rings (SSSR count). The molecular formula is C10H14ClNO3. The van der Waals surface area contributed by atoms with Crippen LogP contribution in [0, 0.1) is 0 Å². The van der Waals surface area contributed by atoms with Crippen LogP contribution in [-0.2, 0) is 0 Å². The van der Waals surface area contributed by atoms with Gasteiger partial charge in [0, 0.05) is 23.2 Å². The van der Waals surface area contributed by atoms with Crippen molar-refractivity contribution >= 4 is 11.6 Å². The molecule has 5 heteroatoms.